The van der Waals surface area contributed by atoms with Crippen LogP contribution in [0.15, 0.2) is 12.4 Å². The van der Waals surface area contributed by atoms with Gasteiger partial charge in [0.1, 0.15) is 4.88 Å². The predicted octanol–water partition coefficient (Wildman–Crippen LogP) is 1.13. The minimum Gasteiger partial charge on any atom is -0.344 e. The molecular formula is C11H13N5O2S. The van der Waals surface area contributed by atoms with Crippen LogP contribution in [-0.2, 0) is 0 Å². The van der Waals surface area contributed by atoms with Crippen molar-refractivity contribution >= 4 is 28.3 Å². The van der Waals surface area contributed by atoms with Gasteiger partial charge in [-0.05, 0) is 6.92 Å². The van der Waals surface area contributed by atoms with Crippen LogP contribution in [0, 0.1) is 6.92 Å². The maximum absolute atomic E-state index is 11.9. The van der Waals surface area contributed by atoms with E-state index in [1.54, 1.807) is 27.2 Å². The SMILES string of the molecule is Cc1nc(NC(=O)c2ncc[nH]2)sc1C(=O)N(C)C. The van der Waals surface area contributed by atoms with E-state index in [2.05, 4.69) is 20.3 Å². The van der Waals surface area contributed by atoms with Gasteiger partial charge in [0.15, 0.2) is 11.0 Å². The summed E-state index contributed by atoms with van der Waals surface area (Å²) < 4.78 is 0. The maximum atomic E-state index is 11.9. The van der Waals surface area contributed by atoms with Crippen LogP contribution in [-0.4, -0.2) is 45.8 Å². The zero-order chi connectivity index (χ0) is 14.0. The van der Waals surface area contributed by atoms with Gasteiger partial charge in [-0.1, -0.05) is 11.3 Å². The Balaban J connectivity index is 2.17. The number of imidazole rings is 1. The number of aryl methyl sites for hydroxylation is 1. The van der Waals surface area contributed by atoms with Gasteiger partial charge in [0, 0.05) is 26.5 Å². The number of amides is 2. The third-order valence-electron chi connectivity index (χ3n) is 2.33. The van der Waals surface area contributed by atoms with E-state index in [-0.39, 0.29) is 17.6 Å². The van der Waals surface area contributed by atoms with Gasteiger partial charge in [0.05, 0.1) is 5.69 Å². The lowest BCUT2D eigenvalue weighted by molar-refractivity contribution is 0.0831. The Morgan fingerprint density at radius 3 is 2.74 bits per heavy atom. The average molecular weight is 279 g/mol. The van der Waals surface area contributed by atoms with E-state index in [4.69, 9.17) is 0 Å². The number of H-pyrrole nitrogens is 1. The topological polar surface area (TPSA) is 91.0 Å². The number of hydrogen-bond donors (Lipinski definition) is 2. The van der Waals surface area contributed by atoms with Crippen LogP contribution in [0.1, 0.15) is 26.0 Å². The fourth-order valence-electron chi connectivity index (χ4n) is 1.40. The molecule has 0 aromatic carbocycles. The van der Waals surface area contributed by atoms with E-state index >= 15 is 0 Å². The number of anilines is 1. The zero-order valence-electron chi connectivity index (χ0n) is 10.7. The third-order valence-corrected chi connectivity index (χ3v) is 3.39. The van der Waals surface area contributed by atoms with E-state index in [1.807, 2.05) is 0 Å². The summed E-state index contributed by atoms with van der Waals surface area (Å²) in [6.45, 7) is 1.73. The van der Waals surface area contributed by atoms with Gasteiger partial charge >= 0.3 is 0 Å². The smallest absolute Gasteiger partial charge is 0.293 e. The first-order valence-electron chi connectivity index (χ1n) is 5.49. The van der Waals surface area contributed by atoms with Crippen LogP contribution in [0.3, 0.4) is 0 Å². The van der Waals surface area contributed by atoms with Crippen molar-refractivity contribution < 1.29 is 9.59 Å². The number of carbonyl (C=O) groups is 2. The maximum Gasteiger partial charge on any atom is 0.293 e. The average Bonchev–Trinajstić information content (AvgIpc) is 2.97. The van der Waals surface area contributed by atoms with Crippen molar-refractivity contribution in [1.82, 2.24) is 19.9 Å². The highest BCUT2D eigenvalue weighted by atomic mass is 32.1. The fourth-order valence-corrected chi connectivity index (χ4v) is 2.38. The molecule has 2 aromatic rings. The molecule has 8 heteroatoms. The van der Waals surface area contributed by atoms with Crippen LogP contribution in [0.25, 0.3) is 0 Å². The molecule has 0 atom stereocenters. The summed E-state index contributed by atoms with van der Waals surface area (Å²) in [6, 6.07) is 0. The number of aromatic nitrogens is 3. The number of nitrogens with zero attached hydrogens (tertiary/aromatic N) is 3. The van der Waals surface area contributed by atoms with Crippen molar-refractivity contribution in [3.8, 4) is 0 Å². The van der Waals surface area contributed by atoms with E-state index in [0.717, 1.165) is 11.3 Å². The normalized spacial score (nSPS) is 10.3. The highest BCUT2D eigenvalue weighted by Gasteiger charge is 2.18. The molecule has 0 radical (unpaired) electrons. The van der Waals surface area contributed by atoms with Gasteiger partial charge in [0.2, 0.25) is 0 Å². The summed E-state index contributed by atoms with van der Waals surface area (Å²) in [6.07, 6.45) is 3.05. The first kappa shape index (κ1) is 13.2. The Morgan fingerprint density at radius 2 is 2.16 bits per heavy atom. The summed E-state index contributed by atoms with van der Waals surface area (Å²) >= 11 is 1.15. The van der Waals surface area contributed by atoms with Crippen LogP contribution in [0.4, 0.5) is 5.13 Å². The van der Waals surface area contributed by atoms with Crippen molar-refractivity contribution in [1.29, 1.82) is 0 Å². The number of hydrogen-bond acceptors (Lipinski definition) is 5. The van der Waals surface area contributed by atoms with Crippen molar-refractivity contribution in [2.24, 2.45) is 0 Å². The standard InChI is InChI=1S/C11H13N5O2S/c1-6-7(10(18)16(2)3)19-11(14-6)15-9(17)8-12-4-5-13-8/h4-5H,1-3H3,(H,12,13)(H,14,15,17). The number of carbonyl (C=O) groups excluding carboxylic acids is 2. The van der Waals surface area contributed by atoms with Crippen LogP contribution >= 0.6 is 11.3 Å². The van der Waals surface area contributed by atoms with Gasteiger partial charge in [-0.2, -0.15) is 0 Å². The highest BCUT2D eigenvalue weighted by Crippen LogP contribution is 2.23. The molecule has 2 rings (SSSR count). The van der Waals surface area contributed by atoms with E-state index < -0.39 is 0 Å². The second-order valence-electron chi connectivity index (χ2n) is 4.03. The lowest BCUT2D eigenvalue weighted by Crippen LogP contribution is -2.21. The van der Waals surface area contributed by atoms with Crippen LogP contribution < -0.4 is 5.32 Å². The van der Waals surface area contributed by atoms with Crippen LogP contribution in [0.5, 0.6) is 0 Å². The van der Waals surface area contributed by atoms with Gasteiger partial charge < -0.3 is 9.88 Å². The first-order valence-corrected chi connectivity index (χ1v) is 6.30. The molecule has 2 N–H and O–H groups in total. The Hall–Kier alpha value is -2.22. The quantitative estimate of drug-likeness (QED) is 0.881. The molecule has 0 aliphatic carbocycles. The fraction of sp³-hybridized carbons (Fsp3) is 0.273. The largest absolute Gasteiger partial charge is 0.344 e. The minimum absolute atomic E-state index is 0.131. The molecule has 7 nitrogen and oxygen atoms in total. The summed E-state index contributed by atoms with van der Waals surface area (Å²) in [5.74, 6) is -0.315. The number of aromatic amines is 1. The predicted molar refractivity (Wildman–Crippen MR) is 71.4 cm³/mol. The molecule has 0 fully saturated rings. The molecule has 2 aromatic heterocycles. The molecule has 0 aliphatic heterocycles. The van der Waals surface area contributed by atoms with Crippen molar-refractivity contribution in [3.05, 3.63) is 28.8 Å². The second kappa shape index (κ2) is 5.19. The number of nitrogens with one attached hydrogen (secondary N) is 2. The minimum atomic E-state index is -0.386. The third kappa shape index (κ3) is 2.79. The number of rotatable bonds is 3. The van der Waals surface area contributed by atoms with Crippen LogP contribution in [0.2, 0.25) is 0 Å². The Morgan fingerprint density at radius 1 is 1.42 bits per heavy atom. The van der Waals surface area contributed by atoms with Crippen molar-refractivity contribution in [3.63, 3.8) is 0 Å². The monoisotopic (exact) mass is 279 g/mol. The molecule has 19 heavy (non-hydrogen) atoms. The molecule has 2 amide bonds. The molecule has 0 saturated heterocycles. The van der Waals surface area contributed by atoms with Crippen molar-refractivity contribution in [2.45, 2.75) is 6.92 Å². The Kier molecular flexibility index (Phi) is 3.61. The molecule has 0 unspecified atom stereocenters. The molecule has 2 heterocycles. The molecule has 0 bridgehead atoms. The Labute approximate surface area is 113 Å². The van der Waals surface area contributed by atoms with Gasteiger partial charge in [-0.15, -0.1) is 0 Å². The zero-order valence-corrected chi connectivity index (χ0v) is 11.5. The summed E-state index contributed by atoms with van der Waals surface area (Å²) in [7, 11) is 3.34. The molecule has 100 valence electrons. The van der Waals surface area contributed by atoms with Crippen molar-refractivity contribution in [2.75, 3.05) is 19.4 Å². The molecule has 0 spiro atoms. The molecule has 0 saturated carbocycles. The molecule has 0 aliphatic rings. The summed E-state index contributed by atoms with van der Waals surface area (Å²) in [5, 5.41) is 2.98. The molecular weight excluding hydrogens is 266 g/mol. The Bertz CT molecular complexity index is 603. The lowest BCUT2D eigenvalue weighted by atomic mass is 10.3. The lowest BCUT2D eigenvalue weighted by Gasteiger charge is -2.07. The summed E-state index contributed by atoms with van der Waals surface area (Å²) in [5.41, 5.74) is 0.596. The van der Waals surface area contributed by atoms with E-state index in [1.165, 1.54) is 11.1 Å². The highest BCUT2D eigenvalue weighted by molar-refractivity contribution is 7.17. The van der Waals surface area contributed by atoms with Gasteiger partial charge in [-0.25, -0.2) is 9.97 Å². The second-order valence-corrected chi connectivity index (χ2v) is 5.02. The summed E-state index contributed by atoms with van der Waals surface area (Å²) in [4.78, 5) is 36.3. The van der Waals surface area contributed by atoms with E-state index in [0.29, 0.717) is 15.7 Å². The number of thiazole rings is 1. The van der Waals surface area contributed by atoms with Gasteiger partial charge in [-0.3, -0.25) is 14.9 Å². The van der Waals surface area contributed by atoms with E-state index in [9.17, 15) is 9.59 Å². The first-order chi connectivity index (χ1) is 8.99. The van der Waals surface area contributed by atoms with Gasteiger partial charge in [0.25, 0.3) is 11.8 Å².